The predicted molar refractivity (Wildman–Crippen MR) is 29.1 cm³/mol. The van der Waals surface area contributed by atoms with Crippen molar-refractivity contribution in [3.8, 4) is 0 Å². The van der Waals surface area contributed by atoms with Gasteiger partial charge < -0.3 is 4.74 Å². The second kappa shape index (κ2) is 5.27. The minimum Gasteiger partial charge on any atom is -0.319 e. The molecular weight excluding hydrogens is 230 g/mol. The molecule has 0 heterocycles. The van der Waals surface area contributed by atoms with Crippen LogP contribution in [-0.4, -0.2) is 28.1 Å². The Balaban J connectivity index is 0. The number of methoxy groups -OCH3 is 1. The molecule has 0 saturated heterocycles. The summed E-state index contributed by atoms with van der Waals surface area (Å²) in [6.07, 6.45) is -8.03. The first-order valence-corrected chi connectivity index (χ1v) is 3.64. The molecule has 0 aromatic rings. The molecule has 0 saturated carbocycles. The standard InChI is InChI=1S/C3H4F4O.F2O2S/c1-8-3(6,7)2(4)5;1-5(2,3)4/h2H,1H3;. The van der Waals surface area contributed by atoms with E-state index in [1.54, 1.807) is 0 Å². The number of hydrogen-bond acceptors (Lipinski definition) is 3. The van der Waals surface area contributed by atoms with E-state index >= 15 is 0 Å². The van der Waals surface area contributed by atoms with Crippen molar-refractivity contribution >= 4 is 10.6 Å². The number of hydrogen-bond donors (Lipinski definition) is 0. The summed E-state index contributed by atoms with van der Waals surface area (Å²) in [5, 5.41) is 0. The summed E-state index contributed by atoms with van der Waals surface area (Å²) in [5.74, 6) is 0. The third-order valence-corrected chi connectivity index (χ3v) is 0.526. The van der Waals surface area contributed by atoms with Crippen LogP contribution < -0.4 is 0 Å². The van der Waals surface area contributed by atoms with E-state index in [2.05, 4.69) is 4.74 Å². The predicted octanol–water partition coefficient (Wildman–Crippen LogP) is 1.66. The molecule has 13 heavy (non-hydrogen) atoms. The minimum absolute atomic E-state index is 0.520. The fourth-order valence-corrected chi connectivity index (χ4v) is 0.0891. The Kier molecular flexibility index (Phi) is 6.07. The summed E-state index contributed by atoms with van der Waals surface area (Å²) in [7, 11) is -5.15. The van der Waals surface area contributed by atoms with Crippen LogP contribution in [0.5, 0.6) is 0 Å². The lowest BCUT2D eigenvalue weighted by Gasteiger charge is -2.10. The van der Waals surface area contributed by atoms with Gasteiger partial charge in [0.15, 0.2) is 0 Å². The normalized spacial score (nSPS) is 12.3. The molecule has 0 aromatic heterocycles. The summed E-state index contributed by atoms with van der Waals surface area (Å²) < 4.78 is 84.2. The van der Waals surface area contributed by atoms with Crippen LogP contribution in [0, 0.1) is 0 Å². The van der Waals surface area contributed by atoms with Gasteiger partial charge in [-0.15, -0.1) is 0 Å². The van der Waals surface area contributed by atoms with Gasteiger partial charge in [-0.05, 0) is 0 Å². The average Bonchev–Trinajstić information content (AvgIpc) is 1.83. The van der Waals surface area contributed by atoms with Crippen molar-refractivity contribution in [2.45, 2.75) is 12.5 Å². The van der Waals surface area contributed by atoms with E-state index in [1.807, 2.05) is 0 Å². The number of alkyl halides is 4. The molecule has 82 valence electrons. The van der Waals surface area contributed by atoms with Crippen LogP contribution in [0.2, 0.25) is 0 Å². The van der Waals surface area contributed by atoms with Crippen molar-refractivity contribution in [1.29, 1.82) is 0 Å². The van der Waals surface area contributed by atoms with Crippen molar-refractivity contribution in [3.63, 3.8) is 0 Å². The topological polar surface area (TPSA) is 43.4 Å². The van der Waals surface area contributed by atoms with Crippen LogP contribution in [0.25, 0.3) is 0 Å². The fraction of sp³-hybridized carbons (Fsp3) is 1.00. The molecule has 0 bridgehead atoms. The summed E-state index contributed by atoms with van der Waals surface area (Å²) in [5.41, 5.74) is 0. The van der Waals surface area contributed by atoms with Gasteiger partial charge in [-0.2, -0.15) is 17.2 Å². The van der Waals surface area contributed by atoms with E-state index in [0.717, 1.165) is 0 Å². The summed E-state index contributed by atoms with van der Waals surface area (Å²) in [4.78, 5) is 0. The third kappa shape index (κ3) is 14.4. The van der Waals surface area contributed by atoms with Crippen LogP contribution in [0.3, 0.4) is 0 Å². The number of ether oxygens (including phenoxy) is 1. The molecule has 0 aliphatic carbocycles. The summed E-state index contributed by atoms with van der Waals surface area (Å²) >= 11 is 0. The maximum absolute atomic E-state index is 11.3. The molecule has 0 aliphatic heterocycles. The van der Waals surface area contributed by atoms with Gasteiger partial charge in [0.2, 0.25) is 0 Å². The van der Waals surface area contributed by atoms with Gasteiger partial charge in [-0.3, -0.25) is 0 Å². The van der Waals surface area contributed by atoms with Crippen LogP contribution >= 0.6 is 0 Å². The molecule has 0 spiro atoms. The first-order chi connectivity index (χ1) is 5.50. The zero-order valence-electron chi connectivity index (χ0n) is 5.98. The molecule has 0 aliphatic rings. The highest BCUT2D eigenvalue weighted by Crippen LogP contribution is 2.22. The van der Waals surface area contributed by atoms with Crippen molar-refractivity contribution in [3.05, 3.63) is 0 Å². The molecule has 10 heteroatoms. The van der Waals surface area contributed by atoms with Gasteiger partial charge in [0.25, 0.3) is 0 Å². The Labute approximate surface area is 69.8 Å². The van der Waals surface area contributed by atoms with Crippen molar-refractivity contribution in [2.24, 2.45) is 0 Å². The molecule has 0 radical (unpaired) electrons. The second-order valence-electron chi connectivity index (χ2n) is 1.44. The van der Waals surface area contributed by atoms with E-state index in [9.17, 15) is 25.3 Å². The van der Waals surface area contributed by atoms with Gasteiger partial charge in [0, 0.05) is 7.11 Å². The first-order valence-electron chi connectivity index (χ1n) is 2.36. The Morgan fingerprint density at radius 3 is 1.46 bits per heavy atom. The molecule has 0 aromatic carbocycles. The van der Waals surface area contributed by atoms with Crippen LogP contribution in [-0.2, 0) is 15.3 Å². The fourth-order valence-electron chi connectivity index (χ4n) is 0.0891. The van der Waals surface area contributed by atoms with E-state index in [4.69, 9.17) is 8.42 Å². The largest absolute Gasteiger partial charge is 0.476 e. The van der Waals surface area contributed by atoms with Gasteiger partial charge >= 0.3 is 23.1 Å². The third-order valence-electron chi connectivity index (χ3n) is 0.526. The first kappa shape index (κ1) is 15.0. The quantitative estimate of drug-likeness (QED) is 0.539. The lowest BCUT2D eigenvalue weighted by molar-refractivity contribution is -0.287. The van der Waals surface area contributed by atoms with E-state index < -0.39 is 23.1 Å². The average molecular weight is 234 g/mol. The molecule has 0 atom stereocenters. The zero-order chi connectivity index (χ0) is 11.3. The highest BCUT2D eigenvalue weighted by molar-refractivity contribution is 7.81. The number of halogens is 6. The lowest BCUT2D eigenvalue weighted by atomic mass is 10.7. The Morgan fingerprint density at radius 2 is 1.46 bits per heavy atom. The molecular formula is C3H4F6O3S. The van der Waals surface area contributed by atoms with E-state index in [-0.39, 0.29) is 0 Å². The summed E-state index contributed by atoms with van der Waals surface area (Å²) in [6.45, 7) is 0. The van der Waals surface area contributed by atoms with Crippen molar-refractivity contribution in [1.82, 2.24) is 0 Å². The van der Waals surface area contributed by atoms with Crippen LogP contribution in [0.4, 0.5) is 25.3 Å². The maximum atomic E-state index is 11.3. The van der Waals surface area contributed by atoms with Gasteiger partial charge in [-0.25, -0.2) is 8.78 Å². The highest BCUT2D eigenvalue weighted by atomic mass is 32.3. The smallest absolute Gasteiger partial charge is 0.319 e. The Bertz CT molecular complexity index is 215. The highest BCUT2D eigenvalue weighted by Gasteiger charge is 2.40. The van der Waals surface area contributed by atoms with Crippen molar-refractivity contribution < 1.29 is 38.5 Å². The van der Waals surface area contributed by atoms with Gasteiger partial charge in [-0.1, -0.05) is 7.77 Å². The molecule has 0 rings (SSSR count). The molecule has 0 fully saturated rings. The van der Waals surface area contributed by atoms with Crippen LogP contribution in [0.15, 0.2) is 0 Å². The molecule has 3 nitrogen and oxygen atoms in total. The zero-order valence-corrected chi connectivity index (χ0v) is 6.79. The molecule has 0 unspecified atom stereocenters. The minimum atomic E-state index is -5.67. The number of rotatable bonds is 2. The van der Waals surface area contributed by atoms with Gasteiger partial charge in [0.1, 0.15) is 0 Å². The van der Waals surface area contributed by atoms with Crippen molar-refractivity contribution in [2.75, 3.05) is 7.11 Å². The van der Waals surface area contributed by atoms with E-state index in [0.29, 0.717) is 7.11 Å². The van der Waals surface area contributed by atoms with Gasteiger partial charge in [0.05, 0.1) is 0 Å². The summed E-state index contributed by atoms with van der Waals surface area (Å²) in [6, 6.07) is 0. The SMILES string of the molecule is COC(F)(F)C(F)F.O=S(=O)(F)F. The Hall–Kier alpha value is -0.510. The Morgan fingerprint density at radius 1 is 1.23 bits per heavy atom. The monoisotopic (exact) mass is 234 g/mol. The van der Waals surface area contributed by atoms with Crippen LogP contribution in [0.1, 0.15) is 0 Å². The molecule has 0 N–H and O–H groups in total. The molecule has 0 amide bonds. The second-order valence-corrected chi connectivity index (χ2v) is 2.20. The maximum Gasteiger partial charge on any atom is 0.476 e. The lowest BCUT2D eigenvalue weighted by Crippen LogP contribution is -2.28. The van der Waals surface area contributed by atoms with E-state index in [1.165, 1.54) is 0 Å².